The summed E-state index contributed by atoms with van der Waals surface area (Å²) in [7, 11) is 0. The first-order valence-electron chi connectivity index (χ1n) is 6.96. The maximum atomic E-state index is 12.4. The number of hydrogen-bond acceptors (Lipinski definition) is 5. The minimum absolute atomic E-state index is 0.00404. The predicted octanol–water partition coefficient (Wildman–Crippen LogP) is 0.882. The van der Waals surface area contributed by atoms with Gasteiger partial charge in [-0.1, -0.05) is 5.16 Å². The first kappa shape index (κ1) is 15.4. The molecular weight excluding hydrogens is 278 g/mol. The van der Waals surface area contributed by atoms with Crippen molar-refractivity contribution in [1.82, 2.24) is 4.90 Å². The van der Waals surface area contributed by atoms with Gasteiger partial charge in [0.15, 0.2) is 5.84 Å². The van der Waals surface area contributed by atoms with Crippen LogP contribution in [0.15, 0.2) is 5.16 Å². The van der Waals surface area contributed by atoms with Gasteiger partial charge in [0.2, 0.25) is 5.91 Å². The van der Waals surface area contributed by atoms with Crippen LogP contribution in [0.3, 0.4) is 0 Å². The average molecular weight is 301 g/mol. The van der Waals surface area contributed by atoms with Gasteiger partial charge in [-0.2, -0.15) is 11.8 Å². The van der Waals surface area contributed by atoms with E-state index < -0.39 is 0 Å². The van der Waals surface area contributed by atoms with Gasteiger partial charge < -0.3 is 20.6 Å². The number of amidine groups is 1. The highest BCUT2D eigenvalue weighted by molar-refractivity contribution is 8.00. The number of amides is 1. The third-order valence-corrected chi connectivity index (χ3v) is 5.79. The van der Waals surface area contributed by atoms with Gasteiger partial charge in [0, 0.05) is 13.1 Å². The number of rotatable bonds is 3. The third-order valence-electron chi connectivity index (χ3n) is 4.40. The lowest BCUT2D eigenvalue weighted by Crippen LogP contribution is -2.52. The number of hydrogen-bond donors (Lipinski definition) is 2. The summed E-state index contributed by atoms with van der Waals surface area (Å²) in [6.45, 7) is 3.84. The molecule has 0 radical (unpaired) electrons. The highest BCUT2D eigenvalue weighted by Crippen LogP contribution is 2.35. The number of nitrogens with zero attached hydrogens (tertiary/aromatic N) is 2. The third kappa shape index (κ3) is 2.88. The van der Waals surface area contributed by atoms with E-state index in [4.69, 9.17) is 15.7 Å². The van der Waals surface area contributed by atoms with Crippen LogP contribution in [0.2, 0.25) is 0 Å². The van der Waals surface area contributed by atoms with Crippen LogP contribution < -0.4 is 5.73 Å². The van der Waals surface area contributed by atoms with Gasteiger partial charge in [0.1, 0.15) is 0 Å². The SMILES string of the molecule is CSC1(C(N)=NO)CCN(C(=O)C2COC(C)C2)CC1. The molecule has 3 N–H and O–H groups in total. The van der Waals surface area contributed by atoms with Crippen LogP contribution in [0, 0.1) is 5.92 Å². The molecule has 0 saturated carbocycles. The van der Waals surface area contributed by atoms with Crippen LogP contribution >= 0.6 is 11.8 Å². The van der Waals surface area contributed by atoms with Crippen molar-refractivity contribution in [3.05, 3.63) is 0 Å². The van der Waals surface area contributed by atoms with Crippen LogP contribution in [0.5, 0.6) is 0 Å². The Labute approximate surface area is 123 Å². The lowest BCUT2D eigenvalue weighted by Gasteiger charge is -2.40. The molecule has 114 valence electrons. The van der Waals surface area contributed by atoms with Crippen molar-refractivity contribution in [2.24, 2.45) is 16.8 Å². The fourth-order valence-corrected chi connectivity index (χ4v) is 3.83. The minimum atomic E-state index is -0.342. The van der Waals surface area contributed by atoms with Crippen molar-refractivity contribution in [2.75, 3.05) is 26.0 Å². The summed E-state index contributed by atoms with van der Waals surface area (Å²) in [6, 6.07) is 0. The van der Waals surface area contributed by atoms with E-state index in [1.807, 2.05) is 18.1 Å². The largest absolute Gasteiger partial charge is 0.409 e. The minimum Gasteiger partial charge on any atom is -0.409 e. The Morgan fingerprint density at radius 1 is 1.50 bits per heavy atom. The molecule has 0 bridgehead atoms. The average Bonchev–Trinajstić information content (AvgIpc) is 2.92. The number of oxime groups is 1. The van der Waals surface area contributed by atoms with E-state index >= 15 is 0 Å². The summed E-state index contributed by atoms with van der Waals surface area (Å²) in [5, 5.41) is 12.1. The standard InChI is InChI=1S/C13H23N3O3S/c1-9-7-10(8-19-9)11(17)16-5-3-13(20-2,4-6-16)12(14)15-18/h9-10,18H,3-8H2,1-2H3,(H2,14,15). The lowest BCUT2D eigenvalue weighted by molar-refractivity contribution is -0.136. The molecule has 6 nitrogen and oxygen atoms in total. The molecule has 2 rings (SSSR count). The Hall–Kier alpha value is -0.950. The fourth-order valence-electron chi connectivity index (χ4n) is 2.99. The molecule has 1 amide bonds. The number of carbonyl (C=O) groups excluding carboxylic acids is 1. The Kier molecular flexibility index (Phi) is 4.80. The summed E-state index contributed by atoms with van der Waals surface area (Å²) in [5.74, 6) is 0.439. The Morgan fingerprint density at radius 2 is 2.15 bits per heavy atom. The van der Waals surface area contributed by atoms with E-state index in [2.05, 4.69) is 5.16 Å². The monoisotopic (exact) mass is 301 g/mol. The van der Waals surface area contributed by atoms with Gasteiger partial charge in [-0.25, -0.2) is 0 Å². The van der Waals surface area contributed by atoms with Gasteiger partial charge >= 0.3 is 0 Å². The number of thioether (sulfide) groups is 1. The van der Waals surface area contributed by atoms with E-state index in [0.29, 0.717) is 19.7 Å². The normalized spacial score (nSPS) is 30.5. The number of nitrogens with two attached hydrogens (primary N) is 1. The Balaban J connectivity index is 1.95. The number of ether oxygens (including phenoxy) is 1. The summed E-state index contributed by atoms with van der Waals surface area (Å²) in [6.07, 6.45) is 4.39. The predicted molar refractivity (Wildman–Crippen MR) is 79.0 cm³/mol. The topological polar surface area (TPSA) is 88.2 Å². The molecule has 2 saturated heterocycles. The first-order chi connectivity index (χ1) is 9.52. The van der Waals surface area contributed by atoms with E-state index in [0.717, 1.165) is 19.3 Å². The highest BCUT2D eigenvalue weighted by Gasteiger charge is 2.41. The van der Waals surface area contributed by atoms with Crippen LogP contribution in [0.1, 0.15) is 26.2 Å². The lowest BCUT2D eigenvalue weighted by atomic mass is 9.93. The van der Waals surface area contributed by atoms with E-state index in [-0.39, 0.29) is 28.5 Å². The molecule has 0 aromatic heterocycles. The van der Waals surface area contributed by atoms with Gasteiger partial charge in [0.25, 0.3) is 0 Å². The molecule has 2 heterocycles. The van der Waals surface area contributed by atoms with Crippen LogP contribution in [0.4, 0.5) is 0 Å². The van der Waals surface area contributed by atoms with Crippen molar-refractivity contribution >= 4 is 23.5 Å². The van der Waals surface area contributed by atoms with Crippen molar-refractivity contribution in [1.29, 1.82) is 0 Å². The van der Waals surface area contributed by atoms with Crippen molar-refractivity contribution in [2.45, 2.75) is 37.0 Å². The second kappa shape index (κ2) is 6.22. The molecule has 2 fully saturated rings. The van der Waals surface area contributed by atoms with E-state index in [9.17, 15) is 4.79 Å². The summed E-state index contributed by atoms with van der Waals surface area (Å²) in [5.41, 5.74) is 5.81. The number of likely N-dealkylation sites (tertiary alicyclic amines) is 1. The summed E-state index contributed by atoms with van der Waals surface area (Å²) < 4.78 is 5.13. The summed E-state index contributed by atoms with van der Waals surface area (Å²) >= 11 is 1.59. The van der Waals surface area contributed by atoms with Crippen molar-refractivity contribution < 1.29 is 14.7 Å². The first-order valence-corrected chi connectivity index (χ1v) is 8.18. The van der Waals surface area contributed by atoms with Crippen LogP contribution in [-0.2, 0) is 9.53 Å². The summed E-state index contributed by atoms with van der Waals surface area (Å²) in [4.78, 5) is 14.3. The smallest absolute Gasteiger partial charge is 0.228 e. The van der Waals surface area contributed by atoms with Crippen LogP contribution in [-0.4, -0.2) is 58.7 Å². The Bertz CT molecular complexity index is 394. The molecule has 2 atom stereocenters. The highest BCUT2D eigenvalue weighted by atomic mass is 32.2. The molecule has 2 aliphatic rings. The molecule has 0 aromatic rings. The van der Waals surface area contributed by atoms with E-state index in [1.54, 1.807) is 11.8 Å². The second-order valence-electron chi connectivity index (χ2n) is 5.59. The maximum Gasteiger partial charge on any atom is 0.228 e. The molecular formula is C13H23N3O3S. The molecule has 2 aliphatic heterocycles. The zero-order valence-electron chi connectivity index (χ0n) is 12.0. The zero-order chi connectivity index (χ0) is 14.8. The van der Waals surface area contributed by atoms with Crippen LogP contribution in [0.25, 0.3) is 0 Å². The van der Waals surface area contributed by atoms with Gasteiger partial charge in [-0.15, -0.1) is 0 Å². The van der Waals surface area contributed by atoms with Gasteiger partial charge in [-0.05, 0) is 32.4 Å². The number of carbonyl (C=O) groups is 1. The molecule has 0 aromatic carbocycles. The van der Waals surface area contributed by atoms with E-state index in [1.165, 1.54) is 0 Å². The molecule has 0 aliphatic carbocycles. The fraction of sp³-hybridized carbons (Fsp3) is 0.846. The number of piperidine rings is 1. The second-order valence-corrected chi connectivity index (χ2v) is 6.78. The van der Waals surface area contributed by atoms with Crippen molar-refractivity contribution in [3.63, 3.8) is 0 Å². The quantitative estimate of drug-likeness (QED) is 0.350. The molecule has 0 spiro atoms. The Morgan fingerprint density at radius 3 is 2.60 bits per heavy atom. The van der Waals surface area contributed by atoms with Gasteiger partial charge in [0.05, 0.1) is 23.4 Å². The molecule has 7 heteroatoms. The zero-order valence-corrected chi connectivity index (χ0v) is 12.9. The molecule has 2 unspecified atom stereocenters. The van der Waals surface area contributed by atoms with Gasteiger partial charge in [-0.3, -0.25) is 4.79 Å². The maximum absolute atomic E-state index is 12.4. The molecule has 20 heavy (non-hydrogen) atoms. The van der Waals surface area contributed by atoms with Crippen molar-refractivity contribution in [3.8, 4) is 0 Å².